The van der Waals surface area contributed by atoms with E-state index in [0.29, 0.717) is 25.1 Å². The number of rotatable bonds is 6. The predicted octanol–water partition coefficient (Wildman–Crippen LogP) is 0.581. The van der Waals surface area contributed by atoms with Crippen LogP contribution in [0, 0.1) is 0 Å². The number of halogens is 1. The van der Waals surface area contributed by atoms with Gasteiger partial charge in [-0.1, -0.05) is 0 Å². The van der Waals surface area contributed by atoms with Gasteiger partial charge in [-0.15, -0.1) is 0 Å². The zero-order valence-electron chi connectivity index (χ0n) is 8.74. The molecular weight excluding hydrogens is 213 g/mol. The van der Waals surface area contributed by atoms with E-state index in [1.54, 1.807) is 0 Å². The van der Waals surface area contributed by atoms with E-state index < -0.39 is 5.91 Å². The van der Waals surface area contributed by atoms with E-state index in [0.717, 1.165) is 0 Å². The fourth-order valence-corrected chi connectivity index (χ4v) is 1.18. The fraction of sp³-hybridized carbons (Fsp3) is 0.400. The number of nitrogens with two attached hydrogens (primary N) is 1. The molecule has 0 radical (unpaired) electrons. The Balaban J connectivity index is 0.00000256. The Morgan fingerprint density at radius 3 is 3.06 bits per heavy atom. The van der Waals surface area contributed by atoms with E-state index in [9.17, 15) is 14.3 Å². The lowest BCUT2D eigenvalue weighted by Gasteiger charge is -2.06. The molecule has 0 aliphatic carbocycles. The molecule has 6 heteroatoms. The first-order valence-electron chi connectivity index (χ1n) is 4.89. The maximum atomic E-state index is 11.8. The highest BCUT2D eigenvalue weighted by Crippen LogP contribution is 2.15. The van der Waals surface area contributed by atoms with Crippen molar-refractivity contribution in [3.63, 3.8) is 0 Å². The number of carbonyl (C=O) groups excluding carboxylic acids is 1. The number of nitrogens with one attached hydrogen (secondary N) is 1. The summed E-state index contributed by atoms with van der Waals surface area (Å²) in [6.45, 7) is 0.459. The minimum Gasteiger partial charge on any atom is -0.506 e. The molecular formula is C10H16FN3O2. The Bertz CT molecular complexity index is 377. The molecule has 0 bridgehead atoms. The number of aromatic nitrogens is 1. The van der Waals surface area contributed by atoms with Gasteiger partial charge in [0.2, 0.25) is 0 Å². The zero-order chi connectivity index (χ0) is 12.0. The van der Waals surface area contributed by atoms with E-state index >= 15 is 0 Å². The number of pyridine rings is 1. The summed E-state index contributed by atoms with van der Waals surface area (Å²) in [6, 6.07) is 1.42. The van der Waals surface area contributed by atoms with Crippen molar-refractivity contribution in [3.05, 3.63) is 23.5 Å². The molecule has 0 saturated carbocycles. The highest BCUT2D eigenvalue weighted by molar-refractivity contribution is 5.91. The number of amides is 1. The lowest BCUT2D eigenvalue weighted by atomic mass is 10.2. The quantitative estimate of drug-likeness (QED) is 0.623. The molecule has 0 aliphatic rings. The van der Waals surface area contributed by atoms with Crippen LogP contribution in [0.15, 0.2) is 12.3 Å². The molecule has 0 saturated heterocycles. The predicted molar refractivity (Wildman–Crippen MR) is 58.8 cm³/mol. The normalized spacial score (nSPS) is 10.3. The summed E-state index contributed by atoms with van der Waals surface area (Å²) in [5, 5.41) is 12.4. The highest BCUT2D eigenvalue weighted by atomic mass is 19.1. The number of aromatic hydroxyl groups is 1. The molecule has 1 aromatic heterocycles. The van der Waals surface area contributed by atoms with Crippen LogP contribution >= 0.6 is 0 Å². The van der Waals surface area contributed by atoms with Crippen LogP contribution in [0.3, 0.4) is 0 Å². The van der Waals surface area contributed by atoms with Gasteiger partial charge in [0.15, 0.2) is 0 Å². The number of nitrogens with zero attached hydrogens (tertiary/aromatic N) is 1. The minimum atomic E-state index is -0.648. The molecule has 0 unspecified atom stereocenters. The first kappa shape index (κ1) is 12.4. The van der Waals surface area contributed by atoms with Crippen molar-refractivity contribution in [3.8, 4) is 5.75 Å². The van der Waals surface area contributed by atoms with Gasteiger partial charge >= 0.3 is 0 Å². The summed E-state index contributed by atoms with van der Waals surface area (Å²) >= 11 is 0. The molecule has 1 heterocycles. The summed E-state index contributed by atoms with van der Waals surface area (Å²) < 4.78 is 11.8. The first-order chi connectivity index (χ1) is 7.65. The first-order valence-corrected chi connectivity index (χ1v) is 4.89. The Morgan fingerprint density at radius 1 is 1.69 bits per heavy atom. The van der Waals surface area contributed by atoms with Crippen molar-refractivity contribution in [2.45, 2.75) is 13.0 Å². The molecule has 4 N–H and O–H groups in total. The topological polar surface area (TPSA) is 88.2 Å². The summed E-state index contributed by atoms with van der Waals surface area (Å²) in [5.74, 6) is -0.664. The average Bonchev–Trinajstić information content (AvgIpc) is 2.26. The summed E-state index contributed by atoms with van der Waals surface area (Å²) in [7, 11) is 0. The Kier molecular flexibility index (Phi) is 4.65. The number of hydrogen-bond acceptors (Lipinski definition) is 4. The summed E-state index contributed by atoms with van der Waals surface area (Å²) in [6.07, 6.45) is 1.58. The lowest BCUT2D eigenvalue weighted by Crippen LogP contribution is -2.17. The standard InChI is InChI=1S/C10H14FN3O2.H2/c11-2-1-3-13-5-7-4-8(10(12)16)14-6-9(7)15;/h4,6,13,15H,1-3,5H2,(H2,12,16);1H. The van der Waals surface area contributed by atoms with Gasteiger partial charge in [0, 0.05) is 13.5 Å². The molecule has 16 heavy (non-hydrogen) atoms. The summed E-state index contributed by atoms with van der Waals surface area (Å²) in [5.41, 5.74) is 5.67. The average molecular weight is 229 g/mol. The number of alkyl halides is 1. The largest absolute Gasteiger partial charge is 0.506 e. The van der Waals surface area contributed by atoms with Gasteiger partial charge < -0.3 is 16.2 Å². The van der Waals surface area contributed by atoms with Crippen LogP contribution in [0.2, 0.25) is 0 Å². The van der Waals surface area contributed by atoms with Crippen LogP contribution in [0.4, 0.5) is 4.39 Å². The van der Waals surface area contributed by atoms with Crippen molar-refractivity contribution in [2.24, 2.45) is 5.73 Å². The van der Waals surface area contributed by atoms with Gasteiger partial charge in [-0.2, -0.15) is 0 Å². The van der Waals surface area contributed by atoms with Gasteiger partial charge in [-0.25, -0.2) is 4.98 Å². The van der Waals surface area contributed by atoms with E-state index in [-0.39, 0.29) is 19.5 Å². The van der Waals surface area contributed by atoms with Crippen molar-refractivity contribution in [1.29, 1.82) is 0 Å². The monoisotopic (exact) mass is 229 g/mol. The van der Waals surface area contributed by atoms with Crippen molar-refractivity contribution in [1.82, 2.24) is 10.3 Å². The van der Waals surface area contributed by atoms with Gasteiger partial charge in [-0.3, -0.25) is 9.18 Å². The van der Waals surface area contributed by atoms with Gasteiger partial charge in [0.05, 0.1) is 12.9 Å². The second kappa shape index (κ2) is 6.02. The molecule has 0 aliphatic heterocycles. The molecule has 0 aromatic carbocycles. The van der Waals surface area contributed by atoms with Gasteiger partial charge in [-0.05, 0) is 19.0 Å². The van der Waals surface area contributed by atoms with Crippen LogP contribution in [-0.2, 0) is 6.54 Å². The minimum absolute atomic E-state index is 0. The Morgan fingerprint density at radius 2 is 2.44 bits per heavy atom. The van der Waals surface area contributed by atoms with Crippen LogP contribution in [0.1, 0.15) is 23.9 Å². The molecule has 1 amide bonds. The maximum Gasteiger partial charge on any atom is 0.267 e. The van der Waals surface area contributed by atoms with Crippen LogP contribution < -0.4 is 11.1 Å². The van der Waals surface area contributed by atoms with Crippen molar-refractivity contribution >= 4 is 5.91 Å². The smallest absolute Gasteiger partial charge is 0.267 e. The van der Waals surface area contributed by atoms with E-state index in [1.165, 1.54) is 12.3 Å². The van der Waals surface area contributed by atoms with E-state index in [1.807, 2.05) is 0 Å². The Hall–Kier alpha value is -1.69. The third kappa shape index (κ3) is 3.47. The SMILES string of the molecule is NC(=O)c1cc(CNCCCF)c(O)cn1.[HH]. The van der Waals surface area contributed by atoms with Crippen LogP contribution in [-0.4, -0.2) is 29.2 Å². The fourth-order valence-electron chi connectivity index (χ4n) is 1.18. The van der Waals surface area contributed by atoms with Crippen molar-refractivity contribution in [2.75, 3.05) is 13.2 Å². The number of hydrogen-bond donors (Lipinski definition) is 3. The third-order valence-corrected chi connectivity index (χ3v) is 2.02. The Labute approximate surface area is 94.0 Å². The van der Waals surface area contributed by atoms with Gasteiger partial charge in [0.25, 0.3) is 5.91 Å². The molecule has 0 fully saturated rings. The van der Waals surface area contributed by atoms with Crippen molar-refractivity contribution < 1.29 is 15.7 Å². The molecule has 5 nitrogen and oxygen atoms in total. The second-order valence-electron chi connectivity index (χ2n) is 3.28. The molecule has 0 spiro atoms. The maximum absolute atomic E-state index is 11.8. The molecule has 1 rings (SSSR count). The second-order valence-corrected chi connectivity index (χ2v) is 3.28. The van der Waals surface area contributed by atoms with Crippen LogP contribution in [0.5, 0.6) is 5.75 Å². The van der Waals surface area contributed by atoms with E-state index in [4.69, 9.17) is 5.73 Å². The molecule has 90 valence electrons. The van der Waals surface area contributed by atoms with E-state index in [2.05, 4.69) is 10.3 Å². The number of primary amides is 1. The van der Waals surface area contributed by atoms with Crippen LogP contribution in [0.25, 0.3) is 0 Å². The highest BCUT2D eigenvalue weighted by Gasteiger charge is 2.07. The zero-order valence-corrected chi connectivity index (χ0v) is 8.74. The molecule has 0 atom stereocenters. The van der Waals surface area contributed by atoms with Gasteiger partial charge in [0.1, 0.15) is 11.4 Å². The number of carbonyl (C=O) groups is 1. The lowest BCUT2D eigenvalue weighted by molar-refractivity contribution is 0.0995. The summed E-state index contributed by atoms with van der Waals surface area (Å²) in [4.78, 5) is 14.5. The third-order valence-electron chi connectivity index (χ3n) is 2.02. The molecule has 1 aromatic rings.